The highest BCUT2D eigenvalue weighted by Crippen LogP contribution is 2.37. The highest BCUT2D eigenvalue weighted by Gasteiger charge is 2.26. The Hall–Kier alpha value is -2.82. The summed E-state index contributed by atoms with van der Waals surface area (Å²) in [6.07, 6.45) is 0.649. The maximum atomic E-state index is 13.3. The number of urea groups is 1. The van der Waals surface area contributed by atoms with E-state index in [1.807, 2.05) is 0 Å². The van der Waals surface area contributed by atoms with Crippen LogP contribution in [0.4, 0.5) is 10.5 Å². The molecule has 0 aromatic heterocycles. The lowest BCUT2D eigenvalue weighted by atomic mass is 10.1. The van der Waals surface area contributed by atoms with E-state index < -0.39 is 22.1 Å². The number of hydrogen-bond acceptors (Lipinski definition) is 5. The molecule has 3 aromatic carbocycles. The van der Waals surface area contributed by atoms with Crippen molar-refractivity contribution in [2.75, 3.05) is 18.7 Å². The van der Waals surface area contributed by atoms with E-state index in [9.17, 15) is 13.2 Å². The number of carbonyl (C=O) groups is 1. The lowest BCUT2D eigenvalue weighted by Gasteiger charge is -2.26. The first kappa shape index (κ1) is 26.8. The highest BCUT2D eigenvalue weighted by molar-refractivity contribution is 7.89. The second kappa shape index (κ2) is 11.7. The topological polar surface area (TPSA) is 114 Å². The van der Waals surface area contributed by atoms with E-state index in [0.29, 0.717) is 30.0 Å². The van der Waals surface area contributed by atoms with E-state index >= 15 is 0 Å². The number of sulfonamides is 1. The summed E-state index contributed by atoms with van der Waals surface area (Å²) in [6.45, 7) is 2.17. The first-order valence-corrected chi connectivity index (χ1v) is 12.9. The van der Waals surface area contributed by atoms with Gasteiger partial charge in [-0.3, -0.25) is 0 Å². The maximum absolute atomic E-state index is 13.3. The number of benzene rings is 3. The van der Waals surface area contributed by atoms with Crippen LogP contribution in [0, 0.1) is 0 Å². The predicted octanol–water partition coefficient (Wildman–Crippen LogP) is 4.67. The van der Waals surface area contributed by atoms with Gasteiger partial charge in [0, 0.05) is 0 Å². The molecule has 0 bridgehead atoms. The summed E-state index contributed by atoms with van der Waals surface area (Å²) in [5.74, 6) is 0.397. The summed E-state index contributed by atoms with van der Waals surface area (Å²) in [5, 5.41) is 4.14. The van der Waals surface area contributed by atoms with E-state index in [0.717, 1.165) is 10.6 Å². The molecule has 0 fully saturated rings. The number of nitrogens with zero attached hydrogens (tertiary/aromatic N) is 1. The van der Waals surface area contributed by atoms with Gasteiger partial charge in [-0.15, -0.1) is 4.83 Å². The van der Waals surface area contributed by atoms with Crippen molar-refractivity contribution in [3.8, 4) is 5.75 Å². The molecular formula is C24H26Cl2N4O4S. The van der Waals surface area contributed by atoms with Gasteiger partial charge >= 0.3 is 6.03 Å². The van der Waals surface area contributed by atoms with E-state index in [-0.39, 0.29) is 14.9 Å². The lowest BCUT2D eigenvalue weighted by molar-refractivity contribution is 0.242. The first-order valence-electron chi connectivity index (χ1n) is 10.7. The summed E-state index contributed by atoms with van der Waals surface area (Å²) in [5.41, 5.74) is 7.42. The van der Waals surface area contributed by atoms with Crippen molar-refractivity contribution < 1.29 is 17.9 Å². The molecule has 1 atom stereocenters. The molecule has 186 valence electrons. The number of ether oxygens (including phenoxy) is 1. The number of nitrogens with two attached hydrogens (primary N) is 1. The van der Waals surface area contributed by atoms with Crippen LogP contribution in [0.3, 0.4) is 0 Å². The fraction of sp³-hybridized carbons (Fsp3) is 0.208. The van der Waals surface area contributed by atoms with Gasteiger partial charge in [0.25, 0.3) is 10.0 Å². The van der Waals surface area contributed by atoms with Crippen molar-refractivity contribution in [3.05, 3.63) is 87.9 Å². The fourth-order valence-corrected chi connectivity index (χ4v) is 4.95. The van der Waals surface area contributed by atoms with Crippen molar-refractivity contribution in [2.24, 2.45) is 5.73 Å². The minimum absolute atomic E-state index is 0.00980. The number of rotatable bonds is 9. The molecule has 0 saturated heterocycles. The van der Waals surface area contributed by atoms with Gasteiger partial charge < -0.3 is 15.8 Å². The number of amides is 2. The largest absolute Gasteiger partial charge is 0.495 e. The molecule has 8 nitrogen and oxygen atoms in total. The van der Waals surface area contributed by atoms with E-state index in [1.54, 1.807) is 61.5 Å². The summed E-state index contributed by atoms with van der Waals surface area (Å²) < 4.78 is 31.2. The highest BCUT2D eigenvalue weighted by atomic mass is 35.5. The third kappa shape index (κ3) is 6.45. The van der Waals surface area contributed by atoms with Crippen molar-refractivity contribution in [1.29, 1.82) is 0 Å². The summed E-state index contributed by atoms with van der Waals surface area (Å²) in [6, 6.07) is 16.6. The molecule has 0 unspecified atom stereocenters. The number of nitrogens with one attached hydrogen (secondary N) is 2. The Balaban J connectivity index is 1.92. The average Bonchev–Trinajstić information content (AvgIpc) is 2.85. The van der Waals surface area contributed by atoms with Crippen molar-refractivity contribution in [1.82, 2.24) is 10.1 Å². The van der Waals surface area contributed by atoms with Crippen molar-refractivity contribution in [2.45, 2.75) is 24.3 Å². The Morgan fingerprint density at radius 3 is 2.29 bits per heavy atom. The number of hydrogen-bond donors (Lipinski definition) is 3. The molecule has 0 spiro atoms. The molecular weight excluding hydrogens is 511 g/mol. The molecule has 0 aliphatic rings. The van der Waals surface area contributed by atoms with Gasteiger partial charge in [-0.2, -0.15) is 0 Å². The van der Waals surface area contributed by atoms with E-state index in [1.165, 1.54) is 19.2 Å². The van der Waals surface area contributed by atoms with Gasteiger partial charge in [-0.25, -0.2) is 18.2 Å². The quantitative estimate of drug-likeness (QED) is 0.343. The van der Waals surface area contributed by atoms with Crippen LogP contribution in [0.2, 0.25) is 10.0 Å². The molecule has 0 aliphatic heterocycles. The Bertz CT molecular complexity index is 1270. The van der Waals surface area contributed by atoms with Gasteiger partial charge in [-0.05, 0) is 61.3 Å². The molecule has 35 heavy (non-hydrogen) atoms. The lowest BCUT2D eigenvalue weighted by Crippen LogP contribution is -2.51. The zero-order valence-corrected chi connectivity index (χ0v) is 21.5. The molecule has 0 radical (unpaired) electrons. The zero-order chi connectivity index (χ0) is 25.6. The minimum atomic E-state index is -4.07. The van der Waals surface area contributed by atoms with Crippen LogP contribution in [0.25, 0.3) is 0 Å². The second-order valence-corrected chi connectivity index (χ2v) is 10.0. The van der Waals surface area contributed by atoms with Crippen LogP contribution in [0.5, 0.6) is 5.75 Å². The Morgan fingerprint density at radius 2 is 1.69 bits per heavy atom. The smallest absolute Gasteiger partial charge is 0.337 e. The van der Waals surface area contributed by atoms with E-state index in [4.69, 9.17) is 33.7 Å². The zero-order valence-electron chi connectivity index (χ0n) is 19.2. The summed E-state index contributed by atoms with van der Waals surface area (Å²) in [4.78, 5) is 15.7. The van der Waals surface area contributed by atoms with Crippen LogP contribution in [-0.4, -0.2) is 28.1 Å². The predicted molar refractivity (Wildman–Crippen MR) is 138 cm³/mol. The Labute approximate surface area is 215 Å². The van der Waals surface area contributed by atoms with Gasteiger partial charge in [0.2, 0.25) is 0 Å². The number of carbonyl (C=O) groups excluding carboxylic acids is 1. The monoisotopic (exact) mass is 536 g/mol. The Morgan fingerprint density at radius 1 is 1.03 bits per heavy atom. The maximum Gasteiger partial charge on any atom is 0.337 e. The fourth-order valence-electron chi connectivity index (χ4n) is 3.33. The molecule has 3 aromatic rings. The number of anilines is 1. The average molecular weight is 537 g/mol. The molecule has 0 saturated carbocycles. The van der Waals surface area contributed by atoms with Crippen molar-refractivity contribution >= 4 is 44.9 Å². The molecule has 0 aliphatic carbocycles. The van der Waals surface area contributed by atoms with Crippen LogP contribution in [0.1, 0.15) is 24.1 Å². The summed E-state index contributed by atoms with van der Waals surface area (Å²) in [7, 11) is -2.60. The molecule has 11 heteroatoms. The van der Waals surface area contributed by atoms with Gasteiger partial charge in [-0.1, -0.05) is 59.6 Å². The number of hydrazine groups is 1. The van der Waals surface area contributed by atoms with Crippen molar-refractivity contribution in [3.63, 3.8) is 0 Å². The number of halogens is 2. The van der Waals surface area contributed by atoms with Gasteiger partial charge in [0.15, 0.2) is 0 Å². The summed E-state index contributed by atoms with van der Waals surface area (Å²) >= 11 is 12.6. The van der Waals surface area contributed by atoms with Crippen LogP contribution >= 0.6 is 23.2 Å². The van der Waals surface area contributed by atoms with E-state index in [2.05, 4.69) is 10.1 Å². The third-order valence-electron chi connectivity index (χ3n) is 5.20. The molecule has 4 N–H and O–H groups in total. The molecule has 3 rings (SSSR count). The SMILES string of the molecule is COc1ccc([C@H](C)NC(=O)N(NS(=O)(=O)c2ccccc2)c2ccc(CCN)cc2)c(Cl)c1Cl. The molecule has 2 amide bonds. The second-order valence-electron chi connectivity index (χ2n) is 7.60. The number of methoxy groups -OCH3 is 1. The van der Waals surface area contributed by atoms with Crippen LogP contribution in [-0.2, 0) is 16.4 Å². The van der Waals surface area contributed by atoms with Crippen LogP contribution < -0.4 is 25.6 Å². The Kier molecular flexibility index (Phi) is 8.98. The van der Waals surface area contributed by atoms with Gasteiger partial charge in [0.05, 0.1) is 28.8 Å². The standard InChI is InChI=1S/C24H26Cl2N4O4S/c1-16(20-12-13-21(34-2)23(26)22(20)25)28-24(31)30(18-10-8-17(9-11-18)14-15-27)29-35(32,33)19-6-4-3-5-7-19/h3-13,16,29H,14-15,27H2,1-2H3,(H,28,31)/t16-/m0/s1. The molecule has 0 heterocycles. The van der Waals surface area contributed by atoms with Gasteiger partial charge in [0.1, 0.15) is 10.8 Å². The third-order valence-corrected chi connectivity index (χ3v) is 7.39. The minimum Gasteiger partial charge on any atom is -0.495 e. The van der Waals surface area contributed by atoms with Crippen LogP contribution in [0.15, 0.2) is 71.6 Å². The first-order chi connectivity index (χ1) is 16.7. The normalized spacial score (nSPS) is 12.1.